The molecule has 1 amide bonds. The van der Waals surface area contributed by atoms with Gasteiger partial charge >= 0.3 is 0 Å². The Bertz CT molecular complexity index is 615. The van der Waals surface area contributed by atoms with E-state index in [1.54, 1.807) is 11.7 Å². The number of nitrogens with one attached hydrogen (secondary N) is 2. The molecule has 0 unspecified atom stereocenters. The molecular weight excluding hydrogens is 292 g/mol. The minimum absolute atomic E-state index is 0.416. The summed E-state index contributed by atoms with van der Waals surface area (Å²) in [6.07, 6.45) is 8.96. The van der Waals surface area contributed by atoms with Crippen molar-refractivity contribution in [3.8, 4) is 0 Å². The van der Waals surface area contributed by atoms with Gasteiger partial charge in [0.15, 0.2) is 0 Å². The van der Waals surface area contributed by atoms with Gasteiger partial charge in [0.25, 0.3) is 5.91 Å². The number of piperidine rings is 1. The van der Waals surface area contributed by atoms with Crippen LogP contribution in [-0.2, 0) is 13.0 Å². The number of carbonyl (C=O) groups is 1. The van der Waals surface area contributed by atoms with Gasteiger partial charge in [0.1, 0.15) is 0 Å². The molecule has 23 heavy (non-hydrogen) atoms. The van der Waals surface area contributed by atoms with Crippen LogP contribution >= 0.6 is 0 Å². The minimum atomic E-state index is -0.493. The summed E-state index contributed by atoms with van der Waals surface area (Å²) in [6, 6.07) is 2.51. The second kappa shape index (κ2) is 5.85. The lowest BCUT2D eigenvalue weighted by molar-refractivity contribution is 0.0536. The van der Waals surface area contributed by atoms with Crippen LogP contribution in [0.2, 0.25) is 0 Å². The third-order valence-electron chi connectivity index (χ3n) is 5.88. The standard InChI is InChI=1S/C17H24N4O2/c22-16(20-23)13-8-12-3-7-21(11-15(12)18-10-13)14-2-6-19-17(9-14)4-1-5-17/h8,10,14,19,23H,1-7,9,11H2,(H,20,22)/t14-/m1/s1. The maximum atomic E-state index is 11.5. The van der Waals surface area contributed by atoms with E-state index in [2.05, 4.69) is 15.2 Å². The fraction of sp³-hybridized carbons (Fsp3) is 0.647. The average Bonchev–Trinajstić information content (AvgIpc) is 2.59. The third-order valence-corrected chi connectivity index (χ3v) is 5.88. The number of hydroxylamine groups is 1. The Hall–Kier alpha value is -1.50. The van der Waals surface area contributed by atoms with Crippen LogP contribution in [-0.4, -0.2) is 45.7 Å². The third kappa shape index (κ3) is 2.75. The molecule has 1 saturated heterocycles. The minimum Gasteiger partial charge on any atom is -0.311 e. The summed E-state index contributed by atoms with van der Waals surface area (Å²) >= 11 is 0. The normalized spacial score (nSPS) is 26.4. The van der Waals surface area contributed by atoms with Gasteiger partial charge in [-0.05, 0) is 56.7 Å². The number of pyridine rings is 1. The summed E-state index contributed by atoms with van der Waals surface area (Å²) in [5, 5.41) is 12.5. The number of hydrogen-bond donors (Lipinski definition) is 3. The molecule has 0 aromatic carbocycles. The molecule has 2 fully saturated rings. The molecule has 6 heteroatoms. The van der Waals surface area contributed by atoms with Gasteiger partial charge in [0, 0.05) is 30.9 Å². The second-order valence-electron chi connectivity index (χ2n) is 7.20. The smallest absolute Gasteiger partial charge is 0.276 e. The van der Waals surface area contributed by atoms with Crippen molar-refractivity contribution in [2.45, 2.75) is 56.7 Å². The Kier molecular flexibility index (Phi) is 3.83. The summed E-state index contributed by atoms with van der Waals surface area (Å²) in [7, 11) is 0. The van der Waals surface area contributed by atoms with Gasteiger partial charge in [-0.3, -0.25) is 19.9 Å². The number of aromatic nitrogens is 1. The van der Waals surface area contributed by atoms with Crippen molar-refractivity contribution in [1.29, 1.82) is 0 Å². The fourth-order valence-corrected chi connectivity index (χ4v) is 4.36. The second-order valence-corrected chi connectivity index (χ2v) is 7.20. The van der Waals surface area contributed by atoms with E-state index < -0.39 is 5.91 Å². The highest BCUT2D eigenvalue weighted by atomic mass is 16.5. The number of carbonyl (C=O) groups excluding carboxylic acids is 1. The Morgan fingerprint density at radius 1 is 1.48 bits per heavy atom. The molecule has 1 atom stereocenters. The molecule has 0 radical (unpaired) electrons. The molecule has 3 heterocycles. The zero-order valence-corrected chi connectivity index (χ0v) is 13.3. The molecule has 124 valence electrons. The van der Waals surface area contributed by atoms with Gasteiger partial charge in [-0.15, -0.1) is 0 Å². The maximum absolute atomic E-state index is 11.5. The quantitative estimate of drug-likeness (QED) is 0.565. The van der Waals surface area contributed by atoms with Crippen LogP contribution in [0.25, 0.3) is 0 Å². The van der Waals surface area contributed by atoms with Gasteiger partial charge in [0.2, 0.25) is 0 Å². The molecule has 1 aliphatic carbocycles. The summed E-state index contributed by atoms with van der Waals surface area (Å²) in [4.78, 5) is 18.5. The largest absolute Gasteiger partial charge is 0.311 e. The molecule has 1 aromatic heterocycles. The van der Waals surface area contributed by atoms with Crippen molar-refractivity contribution in [2.24, 2.45) is 0 Å². The van der Waals surface area contributed by atoms with E-state index in [0.717, 1.165) is 37.3 Å². The highest BCUT2D eigenvalue weighted by Crippen LogP contribution is 2.40. The predicted molar refractivity (Wildman–Crippen MR) is 85.2 cm³/mol. The Morgan fingerprint density at radius 2 is 2.35 bits per heavy atom. The number of fused-ring (bicyclic) bond motifs is 1. The van der Waals surface area contributed by atoms with Gasteiger partial charge < -0.3 is 5.32 Å². The zero-order chi connectivity index (χ0) is 15.9. The molecule has 6 nitrogen and oxygen atoms in total. The summed E-state index contributed by atoms with van der Waals surface area (Å²) in [5.41, 5.74) is 4.73. The lowest BCUT2D eigenvalue weighted by Gasteiger charge is -2.51. The van der Waals surface area contributed by atoms with Crippen molar-refractivity contribution in [3.63, 3.8) is 0 Å². The summed E-state index contributed by atoms with van der Waals surface area (Å²) < 4.78 is 0. The van der Waals surface area contributed by atoms with E-state index in [1.807, 2.05) is 6.07 Å². The Morgan fingerprint density at radius 3 is 3.09 bits per heavy atom. The van der Waals surface area contributed by atoms with Gasteiger partial charge in [-0.2, -0.15) is 0 Å². The number of rotatable bonds is 2. The molecule has 2 aliphatic heterocycles. The SMILES string of the molecule is O=C(NO)c1cnc2c(c1)CCN([C@@H]1CCNC3(CCC3)C1)C2. The van der Waals surface area contributed by atoms with E-state index in [-0.39, 0.29) is 0 Å². The Labute approximate surface area is 136 Å². The highest BCUT2D eigenvalue weighted by Gasteiger charge is 2.42. The van der Waals surface area contributed by atoms with Crippen molar-refractivity contribution in [1.82, 2.24) is 20.7 Å². The van der Waals surface area contributed by atoms with E-state index in [0.29, 0.717) is 17.1 Å². The Balaban J connectivity index is 1.47. The molecule has 1 saturated carbocycles. The highest BCUT2D eigenvalue weighted by molar-refractivity contribution is 5.93. The molecule has 3 N–H and O–H groups in total. The molecule has 1 spiro atoms. The molecule has 1 aromatic rings. The average molecular weight is 316 g/mol. The predicted octanol–water partition coefficient (Wildman–Crippen LogP) is 1.23. The lowest BCUT2D eigenvalue weighted by Crippen LogP contribution is -2.60. The molecule has 3 aliphatic rings. The van der Waals surface area contributed by atoms with Gasteiger partial charge in [0.05, 0.1) is 11.3 Å². The molecule has 0 bridgehead atoms. The fourth-order valence-electron chi connectivity index (χ4n) is 4.36. The molecule has 4 rings (SSSR count). The van der Waals surface area contributed by atoms with E-state index in [9.17, 15) is 4.79 Å². The van der Waals surface area contributed by atoms with E-state index >= 15 is 0 Å². The van der Waals surface area contributed by atoms with E-state index in [4.69, 9.17) is 5.21 Å². The van der Waals surface area contributed by atoms with Crippen molar-refractivity contribution in [3.05, 3.63) is 29.1 Å². The first-order valence-electron chi connectivity index (χ1n) is 8.60. The van der Waals surface area contributed by atoms with E-state index in [1.165, 1.54) is 32.1 Å². The van der Waals surface area contributed by atoms with Crippen LogP contribution in [0.4, 0.5) is 0 Å². The number of amides is 1. The topological polar surface area (TPSA) is 77.5 Å². The zero-order valence-electron chi connectivity index (χ0n) is 13.3. The first-order valence-corrected chi connectivity index (χ1v) is 8.60. The first-order chi connectivity index (χ1) is 11.2. The van der Waals surface area contributed by atoms with Crippen LogP contribution in [0.15, 0.2) is 12.3 Å². The monoisotopic (exact) mass is 316 g/mol. The molecular formula is C17H24N4O2. The van der Waals surface area contributed by atoms with Crippen LogP contribution in [0.5, 0.6) is 0 Å². The van der Waals surface area contributed by atoms with Gasteiger partial charge in [-0.25, -0.2) is 5.48 Å². The van der Waals surface area contributed by atoms with Crippen LogP contribution in [0.3, 0.4) is 0 Å². The van der Waals surface area contributed by atoms with Crippen LogP contribution in [0.1, 0.15) is 53.7 Å². The van der Waals surface area contributed by atoms with Crippen LogP contribution < -0.4 is 10.8 Å². The number of nitrogens with zero attached hydrogens (tertiary/aromatic N) is 2. The van der Waals surface area contributed by atoms with Crippen molar-refractivity contribution >= 4 is 5.91 Å². The maximum Gasteiger partial charge on any atom is 0.276 e. The lowest BCUT2D eigenvalue weighted by atomic mass is 9.70. The van der Waals surface area contributed by atoms with Gasteiger partial charge in [-0.1, -0.05) is 0 Å². The van der Waals surface area contributed by atoms with Crippen molar-refractivity contribution < 1.29 is 10.0 Å². The van der Waals surface area contributed by atoms with Crippen molar-refractivity contribution in [2.75, 3.05) is 13.1 Å². The van der Waals surface area contributed by atoms with Crippen LogP contribution in [0, 0.1) is 0 Å². The summed E-state index contributed by atoms with van der Waals surface area (Å²) in [6.45, 7) is 3.02. The first kappa shape index (κ1) is 15.1. The number of hydrogen-bond acceptors (Lipinski definition) is 5. The summed E-state index contributed by atoms with van der Waals surface area (Å²) in [5.74, 6) is -0.493.